The molecule has 1 aliphatic heterocycles. The number of carbonyl (C=O) groups is 1. The molecule has 1 aromatic rings. The van der Waals surface area contributed by atoms with Crippen molar-refractivity contribution < 1.29 is 14.3 Å². The first kappa shape index (κ1) is 10.5. The van der Waals surface area contributed by atoms with Crippen molar-refractivity contribution in [1.82, 2.24) is 10.2 Å². The third kappa shape index (κ3) is 2.71. The summed E-state index contributed by atoms with van der Waals surface area (Å²) in [5.41, 5.74) is 0. The van der Waals surface area contributed by atoms with Crippen LogP contribution < -0.4 is 5.32 Å². The normalized spacial score (nSPS) is 21.3. The van der Waals surface area contributed by atoms with E-state index < -0.39 is 6.10 Å². The third-order valence-corrected chi connectivity index (χ3v) is 2.62. The van der Waals surface area contributed by atoms with Crippen LogP contribution in [0.3, 0.4) is 0 Å². The van der Waals surface area contributed by atoms with Gasteiger partial charge in [0.2, 0.25) is 5.13 Å². The number of hydrogen-bond donors (Lipinski definition) is 1. The Kier molecular flexibility index (Phi) is 3.24. The van der Waals surface area contributed by atoms with Crippen LogP contribution in [0, 0.1) is 6.92 Å². The summed E-state index contributed by atoms with van der Waals surface area (Å²) >= 11 is 1.33. The first-order valence-corrected chi connectivity index (χ1v) is 5.37. The summed E-state index contributed by atoms with van der Waals surface area (Å²) < 4.78 is 10.4. The van der Waals surface area contributed by atoms with Crippen molar-refractivity contribution in [3.05, 3.63) is 5.01 Å². The van der Waals surface area contributed by atoms with E-state index >= 15 is 0 Å². The molecule has 2 heterocycles. The SMILES string of the molecule is Cc1nnc(NC(=O)[C@@H]2COCCO2)s1. The highest BCUT2D eigenvalue weighted by atomic mass is 32.1. The average Bonchev–Trinajstić information content (AvgIpc) is 2.65. The fourth-order valence-corrected chi connectivity index (χ4v) is 1.77. The second kappa shape index (κ2) is 4.65. The van der Waals surface area contributed by atoms with Crippen molar-refractivity contribution >= 4 is 22.4 Å². The highest BCUT2D eigenvalue weighted by Gasteiger charge is 2.23. The van der Waals surface area contributed by atoms with E-state index in [0.29, 0.717) is 25.0 Å². The van der Waals surface area contributed by atoms with Gasteiger partial charge < -0.3 is 9.47 Å². The second-order valence-corrected chi connectivity index (χ2v) is 4.23. The summed E-state index contributed by atoms with van der Waals surface area (Å²) in [6.07, 6.45) is -0.539. The van der Waals surface area contributed by atoms with Gasteiger partial charge >= 0.3 is 0 Å². The molecule has 0 spiro atoms. The lowest BCUT2D eigenvalue weighted by Crippen LogP contribution is -2.39. The maximum absolute atomic E-state index is 11.6. The molecule has 1 aromatic heterocycles. The maximum Gasteiger partial charge on any atom is 0.257 e. The van der Waals surface area contributed by atoms with Crippen molar-refractivity contribution in [3.8, 4) is 0 Å². The molecule has 1 atom stereocenters. The summed E-state index contributed by atoms with van der Waals surface area (Å²) in [6, 6.07) is 0. The van der Waals surface area contributed by atoms with Gasteiger partial charge in [0.1, 0.15) is 5.01 Å². The lowest BCUT2D eigenvalue weighted by molar-refractivity contribution is -0.142. The van der Waals surface area contributed by atoms with E-state index in [1.54, 1.807) is 0 Å². The number of amides is 1. The van der Waals surface area contributed by atoms with Crippen molar-refractivity contribution in [2.75, 3.05) is 25.1 Å². The molecule has 1 saturated heterocycles. The molecule has 0 bridgehead atoms. The van der Waals surface area contributed by atoms with Crippen LogP contribution >= 0.6 is 11.3 Å². The number of aryl methyl sites for hydroxylation is 1. The molecule has 1 N–H and O–H groups in total. The Bertz CT molecular complexity index is 349. The zero-order valence-electron chi connectivity index (χ0n) is 8.23. The van der Waals surface area contributed by atoms with E-state index in [1.807, 2.05) is 6.92 Å². The first-order valence-electron chi connectivity index (χ1n) is 4.56. The van der Waals surface area contributed by atoms with Gasteiger partial charge in [-0.3, -0.25) is 10.1 Å². The molecule has 0 aliphatic carbocycles. The van der Waals surface area contributed by atoms with Crippen LogP contribution in [0.5, 0.6) is 0 Å². The van der Waals surface area contributed by atoms with E-state index in [2.05, 4.69) is 15.5 Å². The van der Waals surface area contributed by atoms with Gasteiger partial charge in [-0.2, -0.15) is 0 Å². The molecule has 7 heteroatoms. The van der Waals surface area contributed by atoms with Gasteiger partial charge in [0, 0.05) is 0 Å². The molecule has 6 nitrogen and oxygen atoms in total. The molecule has 1 fully saturated rings. The van der Waals surface area contributed by atoms with E-state index in [0.717, 1.165) is 5.01 Å². The summed E-state index contributed by atoms with van der Waals surface area (Å²) in [6.45, 7) is 3.12. The van der Waals surface area contributed by atoms with E-state index in [4.69, 9.17) is 9.47 Å². The van der Waals surface area contributed by atoms with Crippen molar-refractivity contribution in [2.45, 2.75) is 13.0 Å². The van der Waals surface area contributed by atoms with Crippen LogP contribution in [0.2, 0.25) is 0 Å². The Morgan fingerprint density at radius 1 is 1.53 bits per heavy atom. The van der Waals surface area contributed by atoms with Gasteiger partial charge in [-0.1, -0.05) is 11.3 Å². The van der Waals surface area contributed by atoms with Crippen LogP contribution in [0.4, 0.5) is 5.13 Å². The third-order valence-electron chi connectivity index (χ3n) is 1.86. The lowest BCUT2D eigenvalue weighted by Gasteiger charge is -2.21. The van der Waals surface area contributed by atoms with E-state index in [-0.39, 0.29) is 5.91 Å². The summed E-state index contributed by atoms with van der Waals surface area (Å²) in [4.78, 5) is 11.6. The predicted octanol–water partition coefficient (Wildman–Crippen LogP) is 0.200. The highest BCUT2D eigenvalue weighted by Crippen LogP contribution is 2.14. The molecular formula is C8H11N3O3S. The molecule has 1 amide bonds. The minimum Gasteiger partial charge on any atom is -0.376 e. The molecule has 1 aliphatic rings. The van der Waals surface area contributed by atoms with Crippen LogP contribution in [-0.2, 0) is 14.3 Å². The monoisotopic (exact) mass is 229 g/mol. The highest BCUT2D eigenvalue weighted by molar-refractivity contribution is 7.15. The Hall–Kier alpha value is -1.05. The Morgan fingerprint density at radius 2 is 2.40 bits per heavy atom. The number of ether oxygens (including phenoxy) is 2. The molecule has 2 rings (SSSR count). The van der Waals surface area contributed by atoms with Gasteiger partial charge in [0.05, 0.1) is 19.8 Å². The van der Waals surface area contributed by atoms with Crippen molar-refractivity contribution in [3.63, 3.8) is 0 Å². The number of nitrogens with one attached hydrogen (secondary N) is 1. The van der Waals surface area contributed by atoms with E-state index in [9.17, 15) is 4.79 Å². The Balaban J connectivity index is 1.91. The van der Waals surface area contributed by atoms with Crippen molar-refractivity contribution in [1.29, 1.82) is 0 Å². The minimum atomic E-state index is -0.539. The Morgan fingerprint density at radius 3 is 3.00 bits per heavy atom. The number of aromatic nitrogens is 2. The first-order chi connectivity index (χ1) is 7.25. The number of anilines is 1. The van der Waals surface area contributed by atoms with Gasteiger partial charge in [-0.25, -0.2) is 0 Å². The van der Waals surface area contributed by atoms with Crippen LogP contribution in [0.25, 0.3) is 0 Å². The predicted molar refractivity (Wildman–Crippen MR) is 53.8 cm³/mol. The molecule has 0 radical (unpaired) electrons. The molecule has 0 saturated carbocycles. The average molecular weight is 229 g/mol. The number of carbonyl (C=O) groups excluding carboxylic acids is 1. The second-order valence-electron chi connectivity index (χ2n) is 3.05. The Labute approximate surface area is 90.6 Å². The molecular weight excluding hydrogens is 218 g/mol. The van der Waals surface area contributed by atoms with Gasteiger partial charge in [-0.15, -0.1) is 10.2 Å². The van der Waals surface area contributed by atoms with Crippen LogP contribution in [-0.4, -0.2) is 42.0 Å². The smallest absolute Gasteiger partial charge is 0.257 e. The minimum absolute atomic E-state index is 0.231. The fourth-order valence-electron chi connectivity index (χ4n) is 1.17. The maximum atomic E-state index is 11.6. The molecule has 82 valence electrons. The topological polar surface area (TPSA) is 73.3 Å². The zero-order valence-corrected chi connectivity index (χ0v) is 9.04. The molecule has 0 unspecified atom stereocenters. The van der Waals surface area contributed by atoms with Crippen LogP contribution in [0.1, 0.15) is 5.01 Å². The van der Waals surface area contributed by atoms with E-state index in [1.165, 1.54) is 11.3 Å². The number of rotatable bonds is 2. The lowest BCUT2D eigenvalue weighted by atomic mass is 10.3. The zero-order chi connectivity index (χ0) is 10.7. The standard InChI is InChI=1S/C8H11N3O3S/c1-5-10-11-8(15-5)9-7(12)6-4-13-2-3-14-6/h6H,2-4H2,1H3,(H,9,11,12)/t6-/m0/s1. The fraction of sp³-hybridized carbons (Fsp3) is 0.625. The molecule has 15 heavy (non-hydrogen) atoms. The number of hydrogen-bond acceptors (Lipinski definition) is 6. The van der Waals surface area contributed by atoms with Gasteiger partial charge in [-0.05, 0) is 6.92 Å². The number of nitrogens with zero attached hydrogens (tertiary/aromatic N) is 2. The molecule has 0 aromatic carbocycles. The summed E-state index contributed by atoms with van der Waals surface area (Å²) in [5, 5.41) is 11.5. The van der Waals surface area contributed by atoms with Crippen molar-refractivity contribution in [2.24, 2.45) is 0 Å². The van der Waals surface area contributed by atoms with Gasteiger partial charge in [0.15, 0.2) is 6.10 Å². The van der Waals surface area contributed by atoms with Gasteiger partial charge in [0.25, 0.3) is 5.91 Å². The largest absolute Gasteiger partial charge is 0.376 e. The summed E-state index contributed by atoms with van der Waals surface area (Å²) in [5.74, 6) is -0.231. The quantitative estimate of drug-likeness (QED) is 0.784. The summed E-state index contributed by atoms with van der Waals surface area (Å²) in [7, 11) is 0. The van der Waals surface area contributed by atoms with Crippen LogP contribution in [0.15, 0.2) is 0 Å².